The van der Waals surface area contributed by atoms with Crippen molar-refractivity contribution >= 4 is 5.91 Å². The summed E-state index contributed by atoms with van der Waals surface area (Å²) in [7, 11) is 0. The third-order valence-electron chi connectivity index (χ3n) is 4.38. The lowest BCUT2D eigenvalue weighted by Crippen LogP contribution is -2.43. The van der Waals surface area contributed by atoms with Gasteiger partial charge in [-0.3, -0.25) is 14.6 Å². The highest BCUT2D eigenvalue weighted by atomic mass is 16.2. The van der Waals surface area contributed by atoms with Crippen molar-refractivity contribution in [3.05, 3.63) is 58.3 Å². The maximum Gasteiger partial charge on any atom is 0.267 e. The van der Waals surface area contributed by atoms with E-state index in [0.717, 1.165) is 43.7 Å². The molecule has 1 atom stereocenters. The van der Waals surface area contributed by atoms with Gasteiger partial charge in [-0.15, -0.1) is 0 Å². The van der Waals surface area contributed by atoms with Crippen LogP contribution in [0.3, 0.4) is 0 Å². The van der Waals surface area contributed by atoms with E-state index < -0.39 is 0 Å². The molecule has 1 aliphatic rings. The molecule has 0 saturated carbocycles. The third-order valence-corrected chi connectivity index (χ3v) is 4.38. The Bertz CT molecular complexity index is 757. The summed E-state index contributed by atoms with van der Waals surface area (Å²) in [5.41, 5.74) is 1.55. The molecule has 0 aromatic carbocycles. The number of hydrogen-bond donors (Lipinski definition) is 0. The largest absolute Gasteiger partial charge is 0.341 e. The van der Waals surface area contributed by atoms with Crippen molar-refractivity contribution in [2.45, 2.75) is 32.7 Å². The van der Waals surface area contributed by atoms with Crippen LogP contribution in [0.2, 0.25) is 0 Å². The Morgan fingerprint density at radius 1 is 1.29 bits per heavy atom. The van der Waals surface area contributed by atoms with Crippen molar-refractivity contribution in [2.75, 3.05) is 13.1 Å². The lowest BCUT2D eigenvalue weighted by molar-refractivity contribution is -0.133. The molecule has 126 valence electrons. The number of likely N-dealkylation sites (tertiary alicyclic amines) is 1. The van der Waals surface area contributed by atoms with Crippen LogP contribution in [0, 0.1) is 12.8 Å². The number of amides is 1. The topological polar surface area (TPSA) is 68.1 Å². The number of aryl methyl sites for hydroxylation is 1. The van der Waals surface area contributed by atoms with Crippen molar-refractivity contribution in [2.24, 2.45) is 5.92 Å². The first-order chi connectivity index (χ1) is 11.6. The van der Waals surface area contributed by atoms with E-state index in [0.29, 0.717) is 5.92 Å². The maximum atomic E-state index is 12.5. The van der Waals surface area contributed by atoms with Gasteiger partial charge in [-0.25, -0.2) is 4.68 Å². The van der Waals surface area contributed by atoms with Crippen LogP contribution in [0.25, 0.3) is 0 Å². The fraction of sp³-hybridized carbons (Fsp3) is 0.444. The molecule has 0 spiro atoms. The number of nitrogens with zero attached hydrogens (tertiary/aromatic N) is 4. The molecule has 1 amide bonds. The van der Waals surface area contributed by atoms with Crippen molar-refractivity contribution < 1.29 is 4.79 Å². The van der Waals surface area contributed by atoms with Gasteiger partial charge in [-0.1, -0.05) is 6.07 Å². The van der Waals surface area contributed by atoms with Gasteiger partial charge in [0.2, 0.25) is 5.91 Å². The molecule has 1 aliphatic heterocycles. The fourth-order valence-corrected chi connectivity index (χ4v) is 3.17. The number of carbonyl (C=O) groups excluding carboxylic acids is 1. The second-order valence-corrected chi connectivity index (χ2v) is 6.34. The zero-order valence-electron chi connectivity index (χ0n) is 13.9. The SMILES string of the molecule is Cc1ccc(=O)n(CC(=O)N2CCCC(Cc3ccccn3)C2)n1. The molecule has 0 bridgehead atoms. The van der Waals surface area contributed by atoms with E-state index in [-0.39, 0.29) is 18.0 Å². The molecule has 24 heavy (non-hydrogen) atoms. The molecule has 3 rings (SSSR count). The van der Waals surface area contributed by atoms with Crippen molar-refractivity contribution in [3.8, 4) is 0 Å². The average molecular weight is 326 g/mol. The molecule has 3 heterocycles. The maximum absolute atomic E-state index is 12.5. The Hall–Kier alpha value is -2.50. The molecule has 0 aliphatic carbocycles. The van der Waals surface area contributed by atoms with E-state index >= 15 is 0 Å². The van der Waals surface area contributed by atoms with Gasteiger partial charge in [0.15, 0.2) is 0 Å². The van der Waals surface area contributed by atoms with Gasteiger partial charge in [0.05, 0.1) is 5.69 Å². The van der Waals surface area contributed by atoms with Gasteiger partial charge in [0.1, 0.15) is 6.54 Å². The Morgan fingerprint density at radius 3 is 2.96 bits per heavy atom. The van der Waals surface area contributed by atoms with Crippen molar-refractivity contribution in [3.63, 3.8) is 0 Å². The van der Waals surface area contributed by atoms with Gasteiger partial charge >= 0.3 is 0 Å². The van der Waals surface area contributed by atoms with E-state index in [1.54, 1.807) is 12.3 Å². The summed E-state index contributed by atoms with van der Waals surface area (Å²) in [6.07, 6.45) is 4.77. The molecule has 2 aromatic heterocycles. The minimum atomic E-state index is -0.240. The van der Waals surface area contributed by atoms with E-state index in [9.17, 15) is 9.59 Å². The van der Waals surface area contributed by atoms with Crippen LogP contribution in [0.15, 0.2) is 41.3 Å². The van der Waals surface area contributed by atoms with Crippen LogP contribution in [0.4, 0.5) is 0 Å². The molecule has 2 aromatic rings. The standard InChI is InChI=1S/C18H22N4O2/c1-14-7-8-17(23)22(20-14)13-18(24)21-10-4-5-15(12-21)11-16-6-2-3-9-19-16/h2-3,6-9,15H,4-5,10-13H2,1H3. The molecule has 0 N–H and O–H groups in total. The highest BCUT2D eigenvalue weighted by molar-refractivity contribution is 5.76. The third kappa shape index (κ3) is 4.07. The molecule has 1 saturated heterocycles. The predicted molar refractivity (Wildman–Crippen MR) is 90.5 cm³/mol. The van der Waals surface area contributed by atoms with Crippen LogP contribution >= 0.6 is 0 Å². The fourth-order valence-electron chi connectivity index (χ4n) is 3.17. The normalized spacial score (nSPS) is 17.7. The van der Waals surface area contributed by atoms with E-state index in [4.69, 9.17) is 0 Å². The van der Waals surface area contributed by atoms with Crippen molar-refractivity contribution in [1.29, 1.82) is 0 Å². The Kier molecular flexibility index (Phi) is 5.03. The van der Waals surface area contributed by atoms with Gasteiger partial charge in [0.25, 0.3) is 5.56 Å². The quantitative estimate of drug-likeness (QED) is 0.852. The lowest BCUT2D eigenvalue weighted by Gasteiger charge is -2.32. The Labute approximate surface area is 141 Å². The number of pyridine rings is 1. The summed E-state index contributed by atoms with van der Waals surface area (Å²) in [6.45, 7) is 3.29. The number of piperidine rings is 1. The van der Waals surface area contributed by atoms with E-state index in [1.165, 1.54) is 10.7 Å². The first-order valence-electron chi connectivity index (χ1n) is 8.34. The molecule has 6 heteroatoms. The molecule has 1 unspecified atom stereocenters. The number of hydrogen-bond acceptors (Lipinski definition) is 4. The van der Waals surface area contributed by atoms with Gasteiger partial charge in [0, 0.05) is 31.0 Å². The molecular weight excluding hydrogens is 304 g/mol. The molecule has 6 nitrogen and oxygen atoms in total. The van der Waals surface area contributed by atoms with E-state index in [1.807, 2.05) is 30.0 Å². The first kappa shape index (κ1) is 16.4. The summed E-state index contributed by atoms with van der Waals surface area (Å²) in [6, 6.07) is 9.04. The second-order valence-electron chi connectivity index (χ2n) is 6.34. The molecule has 0 radical (unpaired) electrons. The van der Waals surface area contributed by atoms with Gasteiger partial charge in [-0.05, 0) is 50.3 Å². The average Bonchev–Trinajstić information content (AvgIpc) is 2.59. The first-order valence-corrected chi connectivity index (χ1v) is 8.34. The van der Waals surface area contributed by atoms with Crippen LogP contribution in [0.5, 0.6) is 0 Å². The summed E-state index contributed by atoms with van der Waals surface area (Å²) >= 11 is 0. The zero-order valence-corrected chi connectivity index (χ0v) is 13.9. The summed E-state index contributed by atoms with van der Waals surface area (Å²) < 4.78 is 1.25. The monoisotopic (exact) mass is 326 g/mol. The minimum Gasteiger partial charge on any atom is -0.341 e. The zero-order chi connectivity index (χ0) is 16.9. The van der Waals surface area contributed by atoms with Gasteiger partial charge in [-0.2, -0.15) is 5.10 Å². The number of aromatic nitrogens is 3. The lowest BCUT2D eigenvalue weighted by atomic mass is 9.93. The molecule has 1 fully saturated rings. The highest BCUT2D eigenvalue weighted by Crippen LogP contribution is 2.20. The highest BCUT2D eigenvalue weighted by Gasteiger charge is 2.24. The minimum absolute atomic E-state index is 0.0107. The summed E-state index contributed by atoms with van der Waals surface area (Å²) in [5.74, 6) is 0.376. The van der Waals surface area contributed by atoms with Crippen LogP contribution in [-0.4, -0.2) is 38.7 Å². The second kappa shape index (κ2) is 7.38. The van der Waals surface area contributed by atoms with E-state index in [2.05, 4.69) is 10.1 Å². The predicted octanol–water partition coefficient (Wildman–Crippen LogP) is 1.43. The Balaban J connectivity index is 1.62. The van der Waals surface area contributed by atoms with Crippen LogP contribution in [-0.2, 0) is 17.8 Å². The van der Waals surface area contributed by atoms with Crippen LogP contribution in [0.1, 0.15) is 24.2 Å². The van der Waals surface area contributed by atoms with Crippen LogP contribution < -0.4 is 5.56 Å². The summed E-state index contributed by atoms with van der Waals surface area (Å²) in [5, 5.41) is 4.14. The van der Waals surface area contributed by atoms with Crippen molar-refractivity contribution in [1.82, 2.24) is 19.7 Å². The number of rotatable bonds is 4. The summed E-state index contributed by atoms with van der Waals surface area (Å²) in [4.78, 5) is 30.6. The Morgan fingerprint density at radius 2 is 2.17 bits per heavy atom. The molecular formula is C18H22N4O2. The smallest absolute Gasteiger partial charge is 0.267 e. The number of carbonyl (C=O) groups is 1. The van der Waals surface area contributed by atoms with Gasteiger partial charge < -0.3 is 4.90 Å².